The maximum atomic E-state index is 5.94. The third kappa shape index (κ3) is 3.89. The zero-order valence-electron chi connectivity index (χ0n) is 15.5. The van der Waals surface area contributed by atoms with E-state index in [1.54, 1.807) is 23.5 Å². The molecule has 5 rings (SSSR count). The molecule has 6 nitrogen and oxygen atoms in total. The Labute approximate surface area is 185 Å². The molecular formula is C21H14ClN5OS2. The molecule has 0 atom stereocenters. The maximum absolute atomic E-state index is 5.94. The summed E-state index contributed by atoms with van der Waals surface area (Å²) in [5.41, 5.74) is 1.83. The first-order chi connectivity index (χ1) is 14.8. The molecule has 0 N–H and O–H groups in total. The Kier molecular flexibility index (Phi) is 5.35. The molecule has 0 aliphatic rings. The van der Waals surface area contributed by atoms with Crippen LogP contribution in [0, 0.1) is 0 Å². The molecule has 148 valence electrons. The highest BCUT2D eigenvalue weighted by atomic mass is 35.5. The Morgan fingerprint density at radius 3 is 2.50 bits per heavy atom. The van der Waals surface area contributed by atoms with E-state index in [4.69, 9.17) is 16.0 Å². The number of halogens is 1. The van der Waals surface area contributed by atoms with E-state index in [2.05, 4.69) is 20.4 Å². The van der Waals surface area contributed by atoms with Gasteiger partial charge in [-0.25, -0.2) is 0 Å². The molecule has 0 saturated carbocycles. The first-order valence-electron chi connectivity index (χ1n) is 9.04. The highest BCUT2D eigenvalue weighted by Crippen LogP contribution is 2.32. The van der Waals surface area contributed by atoms with Gasteiger partial charge < -0.3 is 4.42 Å². The number of thioether (sulfide) groups is 1. The summed E-state index contributed by atoms with van der Waals surface area (Å²) in [6, 6.07) is 21.4. The number of para-hydroxylation sites is 1. The zero-order valence-corrected chi connectivity index (χ0v) is 17.9. The van der Waals surface area contributed by atoms with Gasteiger partial charge >= 0.3 is 0 Å². The summed E-state index contributed by atoms with van der Waals surface area (Å²) in [6.45, 7) is 0. The second-order valence-corrected chi connectivity index (χ2v) is 8.58. The summed E-state index contributed by atoms with van der Waals surface area (Å²) < 4.78 is 7.86. The average molecular weight is 452 g/mol. The van der Waals surface area contributed by atoms with E-state index >= 15 is 0 Å². The van der Waals surface area contributed by atoms with Crippen molar-refractivity contribution in [2.45, 2.75) is 10.9 Å². The fourth-order valence-electron chi connectivity index (χ4n) is 2.89. The number of aromatic nitrogens is 5. The monoisotopic (exact) mass is 451 g/mol. The van der Waals surface area contributed by atoms with Crippen molar-refractivity contribution < 1.29 is 4.42 Å². The van der Waals surface area contributed by atoms with Crippen molar-refractivity contribution in [2.24, 2.45) is 0 Å². The quantitative estimate of drug-likeness (QED) is 0.295. The molecule has 5 aromatic rings. The maximum Gasteiger partial charge on any atom is 0.247 e. The van der Waals surface area contributed by atoms with Gasteiger partial charge in [-0.1, -0.05) is 47.6 Å². The lowest BCUT2D eigenvalue weighted by molar-refractivity contribution is 0.528. The Bertz CT molecular complexity index is 1250. The summed E-state index contributed by atoms with van der Waals surface area (Å²) in [4.78, 5) is 1.06. The normalized spacial score (nSPS) is 11.1. The molecule has 0 saturated heterocycles. The second kappa shape index (κ2) is 8.43. The standard InChI is InChI=1S/C21H14ClN5OS2/c22-15-10-8-14(9-11-15)20-25-23-18(28-20)13-30-21-26-24-19(17-7-4-12-29-17)27(21)16-5-2-1-3-6-16/h1-12H,13H2. The van der Waals surface area contributed by atoms with Gasteiger partial charge in [-0.2, -0.15) is 0 Å². The minimum absolute atomic E-state index is 0.464. The number of benzene rings is 2. The van der Waals surface area contributed by atoms with Gasteiger partial charge in [0.25, 0.3) is 0 Å². The van der Waals surface area contributed by atoms with E-state index in [0.29, 0.717) is 22.6 Å². The van der Waals surface area contributed by atoms with E-state index in [0.717, 1.165) is 27.1 Å². The number of hydrogen-bond donors (Lipinski definition) is 0. The first-order valence-corrected chi connectivity index (χ1v) is 11.3. The van der Waals surface area contributed by atoms with Crippen LogP contribution in [0.2, 0.25) is 5.02 Å². The molecule has 0 radical (unpaired) electrons. The highest BCUT2D eigenvalue weighted by Gasteiger charge is 2.18. The molecule has 0 amide bonds. The fourth-order valence-corrected chi connectivity index (χ4v) is 4.50. The zero-order chi connectivity index (χ0) is 20.3. The van der Waals surface area contributed by atoms with Crippen LogP contribution in [0.5, 0.6) is 0 Å². The van der Waals surface area contributed by atoms with Crippen LogP contribution in [0.15, 0.2) is 81.7 Å². The van der Waals surface area contributed by atoms with Crippen molar-refractivity contribution in [1.82, 2.24) is 25.0 Å². The van der Waals surface area contributed by atoms with Crippen molar-refractivity contribution in [3.63, 3.8) is 0 Å². The van der Waals surface area contributed by atoms with Crippen molar-refractivity contribution in [3.05, 3.63) is 83.0 Å². The molecule has 0 unspecified atom stereocenters. The summed E-state index contributed by atoms with van der Waals surface area (Å²) in [6.07, 6.45) is 0. The Morgan fingerprint density at radius 1 is 0.900 bits per heavy atom. The van der Waals surface area contributed by atoms with Crippen LogP contribution in [-0.4, -0.2) is 25.0 Å². The van der Waals surface area contributed by atoms with Crippen LogP contribution in [0.4, 0.5) is 0 Å². The molecule has 0 aliphatic carbocycles. The third-order valence-electron chi connectivity index (χ3n) is 4.27. The molecule has 0 bridgehead atoms. The van der Waals surface area contributed by atoms with Gasteiger partial charge in [0.2, 0.25) is 11.8 Å². The SMILES string of the molecule is Clc1ccc(-c2nnc(CSc3nnc(-c4cccs4)n3-c3ccccc3)o2)cc1. The summed E-state index contributed by atoms with van der Waals surface area (Å²) in [5, 5.41) is 20.6. The summed E-state index contributed by atoms with van der Waals surface area (Å²) in [5.74, 6) is 2.28. The molecule has 3 aromatic heterocycles. The Morgan fingerprint density at radius 2 is 1.73 bits per heavy atom. The molecule has 3 heterocycles. The largest absolute Gasteiger partial charge is 0.420 e. The minimum atomic E-state index is 0.464. The highest BCUT2D eigenvalue weighted by molar-refractivity contribution is 7.98. The lowest BCUT2D eigenvalue weighted by Gasteiger charge is -2.08. The van der Waals surface area contributed by atoms with Crippen molar-refractivity contribution in [3.8, 4) is 27.8 Å². The lowest BCUT2D eigenvalue weighted by Crippen LogP contribution is -1.98. The number of thiophene rings is 1. The Hall–Kier alpha value is -2.94. The molecule has 0 fully saturated rings. The molecule has 2 aromatic carbocycles. The van der Waals surface area contributed by atoms with Gasteiger partial charge in [0.1, 0.15) is 0 Å². The van der Waals surface area contributed by atoms with E-state index in [9.17, 15) is 0 Å². The topological polar surface area (TPSA) is 69.6 Å². The summed E-state index contributed by atoms with van der Waals surface area (Å²) >= 11 is 9.07. The predicted octanol–water partition coefficient (Wildman–Crippen LogP) is 5.99. The van der Waals surface area contributed by atoms with Crippen LogP contribution >= 0.6 is 34.7 Å². The van der Waals surface area contributed by atoms with Crippen molar-refractivity contribution >= 4 is 34.7 Å². The van der Waals surface area contributed by atoms with Gasteiger partial charge in [0, 0.05) is 16.3 Å². The van der Waals surface area contributed by atoms with Gasteiger partial charge in [-0.3, -0.25) is 4.57 Å². The molecule has 30 heavy (non-hydrogen) atoms. The predicted molar refractivity (Wildman–Crippen MR) is 119 cm³/mol. The van der Waals surface area contributed by atoms with Crippen molar-refractivity contribution in [2.75, 3.05) is 0 Å². The van der Waals surface area contributed by atoms with Crippen LogP contribution < -0.4 is 0 Å². The Balaban J connectivity index is 1.41. The first kappa shape index (κ1) is 19.0. The second-order valence-electron chi connectivity index (χ2n) is 6.25. The molecular weight excluding hydrogens is 438 g/mol. The number of rotatable bonds is 6. The average Bonchev–Trinajstić information content (AvgIpc) is 3.53. The van der Waals surface area contributed by atoms with E-state index in [1.807, 2.05) is 64.5 Å². The van der Waals surface area contributed by atoms with Gasteiger partial charge in [0.05, 0.1) is 10.6 Å². The van der Waals surface area contributed by atoms with Crippen LogP contribution in [0.1, 0.15) is 5.89 Å². The molecule has 0 aliphatic heterocycles. The van der Waals surface area contributed by atoms with Gasteiger partial charge in [-0.15, -0.1) is 31.7 Å². The number of hydrogen-bond acceptors (Lipinski definition) is 7. The van der Waals surface area contributed by atoms with E-state index < -0.39 is 0 Å². The number of nitrogens with zero attached hydrogens (tertiary/aromatic N) is 5. The lowest BCUT2D eigenvalue weighted by atomic mass is 10.2. The van der Waals surface area contributed by atoms with Crippen LogP contribution in [-0.2, 0) is 5.75 Å². The smallest absolute Gasteiger partial charge is 0.247 e. The minimum Gasteiger partial charge on any atom is -0.420 e. The van der Waals surface area contributed by atoms with Crippen LogP contribution in [0.25, 0.3) is 27.8 Å². The van der Waals surface area contributed by atoms with E-state index in [1.165, 1.54) is 11.8 Å². The fraction of sp³-hybridized carbons (Fsp3) is 0.0476. The van der Waals surface area contributed by atoms with Crippen LogP contribution in [0.3, 0.4) is 0 Å². The molecule has 0 spiro atoms. The van der Waals surface area contributed by atoms with Gasteiger partial charge in [0.15, 0.2) is 11.0 Å². The molecule has 9 heteroatoms. The van der Waals surface area contributed by atoms with Gasteiger partial charge in [-0.05, 0) is 47.8 Å². The third-order valence-corrected chi connectivity index (χ3v) is 6.30. The van der Waals surface area contributed by atoms with E-state index in [-0.39, 0.29) is 0 Å². The van der Waals surface area contributed by atoms with Crippen molar-refractivity contribution in [1.29, 1.82) is 0 Å². The summed E-state index contributed by atoms with van der Waals surface area (Å²) in [7, 11) is 0.